The summed E-state index contributed by atoms with van der Waals surface area (Å²) in [6.45, 7) is 3.04. The first-order chi connectivity index (χ1) is 13.3. The lowest BCUT2D eigenvalue weighted by Gasteiger charge is -2.64. The maximum absolute atomic E-state index is 12.5. The van der Waals surface area contributed by atoms with E-state index in [-0.39, 0.29) is 29.6 Å². The van der Waals surface area contributed by atoms with Crippen LogP contribution in [-0.2, 0) is 16.6 Å². The fourth-order valence-corrected chi connectivity index (χ4v) is 6.48. The normalized spacial score (nSPS) is 35.8. The number of carbonyl (C=O) groups excluding carboxylic acids is 2. The van der Waals surface area contributed by atoms with Gasteiger partial charge in [0.15, 0.2) is 0 Å². The Labute approximate surface area is 164 Å². The van der Waals surface area contributed by atoms with Gasteiger partial charge in [0.2, 0.25) is 0 Å². The van der Waals surface area contributed by atoms with E-state index in [0.29, 0.717) is 43.2 Å². The summed E-state index contributed by atoms with van der Waals surface area (Å²) in [4.78, 5) is 26.8. The highest BCUT2D eigenvalue weighted by molar-refractivity contribution is 5.96. The molecule has 6 nitrogen and oxygen atoms in total. The van der Waals surface area contributed by atoms with E-state index in [4.69, 9.17) is 5.73 Å². The molecule has 3 aliphatic carbocycles. The molecular weight excluding hydrogens is 356 g/mol. The number of rotatable bonds is 3. The number of fused-ring (bicyclic) bond motifs is 1. The molecule has 28 heavy (non-hydrogen) atoms. The Morgan fingerprint density at radius 2 is 2.07 bits per heavy atom. The number of hydrogen-bond donors (Lipinski definition) is 3. The van der Waals surface area contributed by atoms with Crippen LogP contribution in [0.4, 0.5) is 0 Å². The number of carbonyl (C=O) groups is 2. The Balaban J connectivity index is 1.70. The molecule has 0 aromatic heterocycles. The van der Waals surface area contributed by atoms with Crippen molar-refractivity contribution in [3.63, 3.8) is 0 Å². The highest BCUT2D eigenvalue weighted by Gasteiger charge is 2.66. The minimum atomic E-state index is -1.08. The van der Waals surface area contributed by atoms with Crippen molar-refractivity contribution in [1.29, 1.82) is 0 Å². The molecule has 3 fully saturated rings. The molecule has 1 aromatic carbocycles. The molecule has 1 aliphatic heterocycles. The Bertz CT molecular complexity index is 880. The Kier molecular flexibility index (Phi) is 3.75. The van der Waals surface area contributed by atoms with Gasteiger partial charge >= 0.3 is 0 Å². The largest absolute Gasteiger partial charge is 0.507 e. The summed E-state index contributed by atoms with van der Waals surface area (Å²) in [5.74, 6) is -0.0261. The second kappa shape index (κ2) is 5.80. The van der Waals surface area contributed by atoms with Crippen LogP contribution in [0.25, 0.3) is 0 Å². The van der Waals surface area contributed by atoms with Crippen LogP contribution in [0.5, 0.6) is 5.75 Å². The number of amides is 1. The topological polar surface area (TPSA) is 104 Å². The molecule has 4 N–H and O–H groups in total. The molecule has 0 unspecified atom stereocenters. The number of nitrogens with zero attached hydrogens (tertiary/aromatic N) is 1. The van der Waals surface area contributed by atoms with E-state index in [0.717, 1.165) is 12.1 Å². The highest BCUT2D eigenvalue weighted by atomic mass is 16.3. The van der Waals surface area contributed by atoms with Gasteiger partial charge in [0, 0.05) is 35.9 Å². The third-order valence-electron chi connectivity index (χ3n) is 8.11. The molecule has 2 saturated carbocycles. The molecule has 4 atom stereocenters. The zero-order chi connectivity index (χ0) is 19.8. The van der Waals surface area contributed by atoms with Crippen molar-refractivity contribution in [3.8, 4) is 5.75 Å². The van der Waals surface area contributed by atoms with Gasteiger partial charge in [-0.25, -0.2) is 0 Å². The zero-order valence-corrected chi connectivity index (χ0v) is 16.3. The number of Topliss-reactive ketones (excluding diaryl/α,β-unsaturated/α-hetero) is 1. The molecule has 0 spiro atoms. The summed E-state index contributed by atoms with van der Waals surface area (Å²) >= 11 is 0. The second-order valence-electron chi connectivity index (χ2n) is 9.37. The number of piperidine rings is 1. The number of nitrogens with two attached hydrogens (primary N) is 1. The summed E-state index contributed by atoms with van der Waals surface area (Å²) in [5.41, 5.74) is 5.14. The van der Waals surface area contributed by atoms with E-state index in [1.54, 1.807) is 6.07 Å². The van der Waals surface area contributed by atoms with Crippen LogP contribution in [0.2, 0.25) is 0 Å². The number of benzene rings is 1. The van der Waals surface area contributed by atoms with Gasteiger partial charge < -0.3 is 15.9 Å². The molecular formula is C22H28N2O4. The summed E-state index contributed by atoms with van der Waals surface area (Å²) in [6.07, 6.45) is 4.69. The third kappa shape index (κ3) is 2.22. The number of phenols is 1. The van der Waals surface area contributed by atoms with Crippen LogP contribution in [0, 0.1) is 5.92 Å². The minimum Gasteiger partial charge on any atom is -0.507 e. The van der Waals surface area contributed by atoms with E-state index >= 15 is 0 Å². The van der Waals surface area contributed by atoms with Crippen molar-refractivity contribution in [2.24, 2.45) is 11.7 Å². The van der Waals surface area contributed by atoms with Crippen LogP contribution in [0.3, 0.4) is 0 Å². The van der Waals surface area contributed by atoms with E-state index in [1.807, 2.05) is 6.07 Å². The quantitative estimate of drug-likeness (QED) is 0.735. The van der Waals surface area contributed by atoms with Crippen molar-refractivity contribution in [3.05, 3.63) is 28.8 Å². The average Bonchev–Trinajstić information content (AvgIpc) is 3.46. The van der Waals surface area contributed by atoms with Gasteiger partial charge in [0.25, 0.3) is 5.91 Å². The standard InChI is InChI=1S/C22H28N2O4/c1-12(13-2-3-13)24-9-8-21-11-15(25)6-7-22(21,28)17(24)10-14-4-5-16(20(23)27)19(26)18(14)21/h4-5,12-13,17,26,28H,2-3,6-11H2,1H3,(H2,23,27)/t12-,17-,21-,22-/m1/s1. The number of ketones is 1. The maximum Gasteiger partial charge on any atom is 0.252 e. The van der Waals surface area contributed by atoms with E-state index in [1.165, 1.54) is 12.8 Å². The zero-order valence-electron chi connectivity index (χ0n) is 16.3. The van der Waals surface area contributed by atoms with Crippen molar-refractivity contribution >= 4 is 11.7 Å². The molecule has 1 saturated heterocycles. The molecule has 6 heteroatoms. The monoisotopic (exact) mass is 384 g/mol. The van der Waals surface area contributed by atoms with Gasteiger partial charge in [-0.2, -0.15) is 0 Å². The van der Waals surface area contributed by atoms with Crippen LogP contribution in [-0.4, -0.2) is 51.0 Å². The minimum absolute atomic E-state index is 0.0701. The number of hydrogen-bond acceptors (Lipinski definition) is 5. The Morgan fingerprint density at radius 1 is 1.32 bits per heavy atom. The first-order valence-electron chi connectivity index (χ1n) is 10.4. The molecule has 4 aliphatic rings. The lowest BCUT2D eigenvalue weighted by molar-refractivity contribution is -0.179. The molecule has 2 bridgehead atoms. The van der Waals surface area contributed by atoms with Crippen molar-refractivity contribution in [2.75, 3.05) is 6.54 Å². The fraction of sp³-hybridized carbons (Fsp3) is 0.636. The van der Waals surface area contributed by atoms with Gasteiger partial charge in [0.1, 0.15) is 11.5 Å². The smallest absolute Gasteiger partial charge is 0.252 e. The molecule has 5 rings (SSSR count). The molecule has 0 radical (unpaired) electrons. The van der Waals surface area contributed by atoms with Crippen molar-refractivity contribution in [1.82, 2.24) is 4.90 Å². The predicted molar refractivity (Wildman–Crippen MR) is 103 cm³/mol. The number of aromatic hydroxyl groups is 1. The first-order valence-corrected chi connectivity index (χ1v) is 10.4. The van der Waals surface area contributed by atoms with E-state index in [9.17, 15) is 19.8 Å². The number of primary amides is 1. The van der Waals surface area contributed by atoms with Crippen molar-refractivity contribution < 1.29 is 19.8 Å². The molecule has 1 amide bonds. The van der Waals surface area contributed by atoms with Crippen molar-refractivity contribution in [2.45, 2.75) is 75.0 Å². The number of aliphatic hydroxyl groups is 1. The number of likely N-dealkylation sites (tertiary alicyclic amines) is 1. The maximum atomic E-state index is 12.5. The third-order valence-corrected chi connectivity index (χ3v) is 8.11. The Hall–Kier alpha value is -1.92. The van der Waals surface area contributed by atoms with Crippen LogP contribution in [0.15, 0.2) is 12.1 Å². The SMILES string of the molecule is C[C@H](C1CC1)N1CC[C@]23CC(=O)CC[C@@]2(O)[C@H]1Cc1ccc(C(N)=O)c(O)c13. The summed E-state index contributed by atoms with van der Waals surface area (Å²) in [7, 11) is 0. The molecule has 1 heterocycles. The summed E-state index contributed by atoms with van der Waals surface area (Å²) in [6, 6.07) is 3.77. The van der Waals surface area contributed by atoms with Gasteiger partial charge in [-0.1, -0.05) is 6.07 Å². The average molecular weight is 384 g/mol. The van der Waals surface area contributed by atoms with Crippen LogP contribution >= 0.6 is 0 Å². The van der Waals surface area contributed by atoms with Gasteiger partial charge in [0.05, 0.1) is 11.2 Å². The fourth-order valence-electron chi connectivity index (χ4n) is 6.48. The van der Waals surface area contributed by atoms with Crippen LogP contribution < -0.4 is 5.73 Å². The van der Waals surface area contributed by atoms with Gasteiger partial charge in [-0.05, 0) is 63.1 Å². The lowest BCUT2D eigenvalue weighted by Crippen LogP contribution is -2.74. The van der Waals surface area contributed by atoms with Gasteiger partial charge in [-0.3, -0.25) is 14.5 Å². The van der Waals surface area contributed by atoms with Gasteiger partial charge in [-0.15, -0.1) is 0 Å². The summed E-state index contributed by atoms with van der Waals surface area (Å²) in [5, 5.41) is 23.1. The first kappa shape index (κ1) is 18.1. The second-order valence-corrected chi connectivity index (χ2v) is 9.37. The van der Waals surface area contributed by atoms with E-state index < -0.39 is 16.9 Å². The summed E-state index contributed by atoms with van der Waals surface area (Å²) < 4.78 is 0. The molecule has 150 valence electrons. The predicted octanol–water partition coefficient (Wildman–Crippen LogP) is 1.64. The van der Waals surface area contributed by atoms with E-state index in [2.05, 4.69) is 11.8 Å². The Morgan fingerprint density at radius 3 is 2.75 bits per heavy atom. The molecule has 1 aromatic rings. The van der Waals surface area contributed by atoms with Crippen LogP contribution in [0.1, 0.15) is 66.9 Å². The highest BCUT2D eigenvalue weighted by Crippen LogP contribution is 2.60. The lowest BCUT2D eigenvalue weighted by atomic mass is 9.49.